The Morgan fingerprint density at radius 2 is 1.76 bits per heavy atom. The third-order valence-corrected chi connectivity index (χ3v) is 6.61. The van der Waals surface area contributed by atoms with Crippen LogP contribution >= 0.6 is 0 Å². The average Bonchev–Trinajstić information content (AvgIpc) is 3.40. The Balaban J connectivity index is 1.63. The van der Waals surface area contributed by atoms with Gasteiger partial charge in [-0.25, -0.2) is 24.6 Å². The summed E-state index contributed by atoms with van der Waals surface area (Å²) >= 11 is 0. The van der Waals surface area contributed by atoms with Gasteiger partial charge in [0.05, 0.1) is 17.1 Å². The van der Waals surface area contributed by atoms with Gasteiger partial charge in [-0.15, -0.1) is 0 Å². The van der Waals surface area contributed by atoms with Crippen molar-refractivity contribution in [1.82, 2.24) is 29.7 Å². The van der Waals surface area contributed by atoms with E-state index in [0.29, 0.717) is 23.1 Å². The molecule has 0 saturated heterocycles. The lowest BCUT2D eigenvalue weighted by molar-refractivity contribution is -0.284. The van der Waals surface area contributed by atoms with Gasteiger partial charge in [-0.3, -0.25) is 4.79 Å². The molecule has 1 atom stereocenters. The number of hydrogen-bond donors (Lipinski definition) is 2. The van der Waals surface area contributed by atoms with Crippen LogP contribution < -0.4 is 11.1 Å². The van der Waals surface area contributed by atoms with Crippen molar-refractivity contribution in [3.8, 4) is 11.5 Å². The topological polar surface area (TPSA) is 124 Å². The second-order valence-electron chi connectivity index (χ2n) is 8.99. The molecule has 0 radical (unpaired) electrons. The lowest BCUT2D eigenvalue weighted by atomic mass is 9.78. The van der Waals surface area contributed by atoms with Gasteiger partial charge in [-0.05, 0) is 19.4 Å². The number of rotatable bonds is 6. The van der Waals surface area contributed by atoms with Gasteiger partial charge in [0.2, 0.25) is 5.91 Å². The number of nitrogens with one attached hydrogen (secondary N) is 1. The monoisotopic (exact) mass is 532 g/mol. The summed E-state index contributed by atoms with van der Waals surface area (Å²) in [4.78, 5) is 30.3. The maximum atomic E-state index is 13.6. The molecule has 4 heterocycles. The van der Waals surface area contributed by atoms with Crippen LogP contribution in [0.5, 0.6) is 0 Å². The Labute approximate surface area is 212 Å². The molecule has 4 aromatic rings. The normalized spacial score (nSPS) is 17.6. The van der Waals surface area contributed by atoms with Gasteiger partial charge in [-0.1, -0.05) is 30.3 Å². The second-order valence-corrected chi connectivity index (χ2v) is 8.99. The molecule has 38 heavy (non-hydrogen) atoms. The zero-order valence-electron chi connectivity index (χ0n) is 20.1. The molecule has 3 N–H and O–H groups in total. The molecular formula is C24H21F5N8O. The molecule has 198 valence electrons. The van der Waals surface area contributed by atoms with Gasteiger partial charge in [0.1, 0.15) is 28.6 Å². The number of amides is 1. The summed E-state index contributed by atoms with van der Waals surface area (Å²) in [5.74, 6) is -5.51. The standard InChI is InChI=1S/C24H21F5N8O/c1-3-37-20-13(11-31-37)16(32-14(33-20)9-10-23(25,26)24(27,28)29)19-34-17(30)15-18(35-19)36-21(38)22(15,2)12-7-5-4-6-8-12/h4-8,11H,3,9-10H2,1-2H3,(H3,30,34,35,36,38). The van der Waals surface area contributed by atoms with E-state index >= 15 is 0 Å². The summed E-state index contributed by atoms with van der Waals surface area (Å²) in [7, 11) is 0. The first-order valence-corrected chi connectivity index (χ1v) is 11.6. The number of nitrogens with two attached hydrogens (primary N) is 1. The van der Waals surface area contributed by atoms with Crippen molar-refractivity contribution in [3.05, 3.63) is 53.5 Å². The number of aryl methyl sites for hydroxylation is 2. The van der Waals surface area contributed by atoms with Crippen LogP contribution in [0.15, 0.2) is 36.5 Å². The zero-order valence-corrected chi connectivity index (χ0v) is 20.1. The molecule has 0 bridgehead atoms. The fourth-order valence-corrected chi connectivity index (χ4v) is 4.48. The molecule has 3 aromatic heterocycles. The lowest BCUT2D eigenvalue weighted by Gasteiger charge is -2.23. The first-order valence-electron chi connectivity index (χ1n) is 11.6. The number of hydrogen-bond acceptors (Lipinski definition) is 7. The van der Waals surface area contributed by atoms with Gasteiger partial charge in [0.15, 0.2) is 11.5 Å². The number of fused-ring (bicyclic) bond motifs is 2. The van der Waals surface area contributed by atoms with E-state index in [1.54, 1.807) is 38.1 Å². The maximum absolute atomic E-state index is 13.6. The highest BCUT2D eigenvalue weighted by atomic mass is 19.4. The molecule has 1 amide bonds. The van der Waals surface area contributed by atoms with Gasteiger partial charge < -0.3 is 11.1 Å². The van der Waals surface area contributed by atoms with E-state index in [9.17, 15) is 26.7 Å². The third-order valence-electron chi connectivity index (χ3n) is 6.61. The molecule has 1 aromatic carbocycles. The molecule has 0 fully saturated rings. The number of carbonyl (C=O) groups excluding carboxylic acids is 1. The Hall–Kier alpha value is -4.23. The summed E-state index contributed by atoms with van der Waals surface area (Å²) < 4.78 is 66.8. The van der Waals surface area contributed by atoms with E-state index in [4.69, 9.17) is 5.73 Å². The Bertz CT molecular complexity index is 1550. The van der Waals surface area contributed by atoms with Crippen molar-refractivity contribution in [3.63, 3.8) is 0 Å². The molecule has 0 saturated carbocycles. The SMILES string of the molecule is CCn1ncc2c(-c3nc(N)c4c(n3)NC(=O)C4(C)c3ccccc3)nc(CCC(F)(F)C(F)(F)F)nc21. The van der Waals surface area contributed by atoms with Crippen molar-refractivity contribution in [2.45, 2.75) is 50.7 Å². The van der Waals surface area contributed by atoms with E-state index in [0.717, 1.165) is 0 Å². The first-order chi connectivity index (χ1) is 17.9. The number of nitrogens with zero attached hydrogens (tertiary/aromatic N) is 6. The number of aromatic nitrogens is 6. The second kappa shape index (κ2) is 8.67. The molecule has 1 unspecified atom stereocenters. The molecule has 5 rings (SSSR count). The summed E-state index contributed by atoms with van der Waals surface area (Å²) in [6.07, 6.45) is -6.60. The number of benzene rings is 1. The molecule has 14 heteroatoms. The van der Waals surface area contributed by atoms with Gasteiger partial charge in [0, 0.05) is 19.4 Å². The van der Waals surface area contributed by atoms with E-state index < -0.39 is 30.4 Å². The fraction of sp³-hybridized carbons (Fsp3) is 0.333. The lowest BCUT2D eigenvalue weighted by Crippen LogP contribution is -2.36. The van der Waals surface area contributed by atoms with Crippen molar-refractivity contribution in [1.29, 1.82) is 0 Å². The van der Waals surface area contributed by atoms with Gasteiger partial charge >= 0.3 is 12.1 Å². The molecule has 0 spiro atoms. The van der Waals surface area contributed by atoms with E-state index in [1.165, 1.54) is 10.9 Å². The maximum Gasteiger partial charge on any atom is 0.453 e. The van der Waals surface area contributed by atoms with Crippen molar-refractivity contribution in [2.24, 2.45) is 0 Å². The minimum atomic E-state index is -5.70. The molecule has 1 aliphatic heterocycles. The number of halogens is 5. The summed E-state index contributed by atoms with van der Waals surface area (Å²) in [6.45, 7) is 3.79. The predicted molar refractivity (Wildman–Crippen MR) is 127 cm³/mol. The largest absolute Gasteiger partial charge is 0.453 e. The Morgan fingerprint density at radius 3 is 2.42 bits per heavy atom. The van der Waals surface area contributed by atoms with Crippen molar-refractivity contribution < 1.29 is 26.7 Å². The number of alkyl halides is 5. The minimum absolute atomic E-state index is 0.0190. The average molecular weight is 532 g/mol. The van der Waals surface area contributed by atoms with Crippen LogP contribution in [-0.4, -0.2) is 47.7 Å². The quantitative estimate of drug-likeness (QED) is 0.355. The van der Waals surface area contributed by atoms with E-state index in [-0.39, 0.29) is 40.5 Å². The summed E-state index contributed by atoms with van der Waals surface area (Å²) in [6, 6.07) is 8.92. The number of anilines is 2. The van der Waals surface area contributed by atoms with Crippen LogP contribution in [0, 0.1) is 0 Å². The number of carbonyl (C=O) groups is 1. The smallest absolute Gasteiger partial charge is 0.383 e. The third kappa shape index (κ3) is 3.90. The van der Waals surface area contributed by atoms with Crippen molar-refractivity contribution in [2.75, 3.05) is 11.1 Å². The van der Waals surface area contributed by atoms with Crippen molar-refractivity contribution >= 4 is 28.6 Å². The van der Waals surface area contributed by atoms with Gasteiger partial charge in [-0.2, -0.15) is 27.1 Å². The Kier molecular flexibility index (Phi) is 5.80. The molecular weight excluding hydrogens is 511 g/mol. The number of nitrogen functional groups attached to an aromatic ring is 1. The first kappa shape index (κ1) is 25.4. The van der Waals surface area contributed by atoms with Gasteiger partial charge in [0.25, 0.3) is 0 Å². The van der Waals surface area contributed by atoms with E-state index in [1.807, 2.05) is 6.07 Å². The van der Waals surface area contributed by atoms with Crippen LogP contribution in [0.3, 0.4) is 0 Å². The molecule has 1 aliphatic rings. The van der Waals surface area contributed by atoms with Crippen LogP contribution in [-0.2, 0) is 23.2 Å². The predicted octanol–water partition coefficient (Wildman–Crippen LogP) is 4.27. The highest BCUT2D eigenvalue weighted by Gasteiger charge is 2.56. The van der Waals surface area contributed by atoms with Crippen LogP contribution in [0.4, 0.5) is 33.6 Å². The minimum Gasteiger partial charge on any atom is -0.383 e. The highest BCUT2D eigenvalue weighted by molar-refractivity contribution is 6.09. The van der Waals surface area contributed by atoms with Crippen LogP contribution in [0.2, 0.25) is 0 Å². The summed E-state index contributed by atoms with van der Waals surface area (Å²) in [5.41, 5.74) is 6.43. The zero-order chi connectivity index (χ0) is 27.5. The van der Waals surface area contributed by atoms with Crippen LogP contribution in [0.1, 0.15) is 37.2 Å². The Morgan fingerprint density at radius 1 is 1.05 bits per heavy atom. The summed E-state index contributed by atoms with van der Waals surface area (Å²) in [5, 5.41) is 7.25. The fourth-order valence-electron chi connectivity index (χ4n) is 4.48. The molecule has 9 nitrogen and oxygen atoms in total. The van der Waals surface area contributed by atoms with E-state index in [2.05, 4.69) is 30.4 Å². The highest BCUT2D eigenvalue weighted by Crippen LogP contribution is 2.45. The molecule has 0 aliphatic carbocycles. The van der Waals surface area contributed by atoms with Crippen LogP contribution in [0.25, 0.3) is 22.6 Å².